The average Bonchev–Trinajstić information content (AvgIpc) is 1.36. The number of hydrogen-bond donors (Lipinski definition) is 5. The molecule has 0 bridgehead atoms. The summed E-state index contributed by atoms with van der Waals surface area (Å²) in [5, 5.41) is 12.2. The molecule has 32 nitrogen and oxygen atoms in total. The van der Waals surface area contributed by atoms with Gasteiger partial charge in [-0.3, -0.25) is 57.5 Å². The van der Waals surface area contributed by atoms with E-state index >= 15 is 38.4 Å². The fourth-order valence-electron chi connectivity index (χ4n) is 18.8. The highest BCUT2D eigenvalue weighted by atomic mass is 32.1. The molecule has 5 aromatic carbocycles. The first-order valence-corrected chi connectivity index (χ1v) is 45.8. The van der Waals surface area contributed by atoms with Crippen molar-refractivity contribution in [1.82, 2.24) is 75.0 Å². The monoisotopic (exact) mass is 1790 g/mol. The van der Waals surface area contributed by atoms with E-state index in [1.54, 1.807) is 85.4 Å². The molecule has 0 radical (unpaired) electrons. The van der Waals surface area contributed by atoms with E-state index in [-0.39, 0.29) is 103 Å². The molecule has 11 atom stereocenters. The third-order valence-corrected chi connectivity index (χ3v) is 26.7. The van der Waals surface area contributed by atoms with Crippen molar-refractivity contribution in [3.63, 3.8) is 0 Å². The van der Waals surface area contributed by atoms with Crippen LogP contribution in [0.3, 0.4) is 0 Å². The van der Waals surface area contributed by atoms with Gasteiger partial charge >= 0.3 is 0 Å². The number of amides is 12. The van der Waals surface area contributed by atoms with Crippen molar-refractivity contribution in [3.05, 3.63) is 184 Å². The molecule has 8 aromatic rings. The van der Waals surface area contributed by atoms with Gasteiger partial charge in [-0.15, -0.1) is 11.3 Å². The first-order valence-electron chi connectivity index (χ1n) is 44.9. The number of H-pyrrole nitrogens is 2. The Morgan fingerprint density at radius 2 is 1.09 bits per heavy atom. The molecule has 0 spiro atoms. The largest absolute Gasteiger partial charge is 0.497 e. The number of nitrogens with zero attached hydrogens (tertiary/aromatic N) is 10. The molecule has 13 rings (SSSR count). The topological polar surface area (TPSA) is 361 Å². The lowest BCUT2D eigenvalue weighted by molar-refractivity contribution is -0.156. The number of carbonyl (C=O) groups is 12. The van der Waals surface area contributed by atoms with Gasteiger partial charge in [-0.25, -0.2) is 4.98 Å². The normalized spacial score (nSPS) is 24.0. The number of likely N-dealkylation sites (tertiary alicyclic amines) is 1. The van der Waals surface area contributed by atoms with Crippen LogP contribution < -0.4 is 25.4 Å². The molecule has 0 saturated carbocycles. The van der Waals surface area contributed by atoms with Gasteiger partial charge in [0.15, 0.2) is 0 Å². The average molecular weight is 1790 g/mol. The minimum absolute atomic E-state index is 0.0428. The van der Waals surface area contributed by atoms with Crippen LogP contribution in [0.5, 0.6) is 11.5 Å². The van der Waals surface area contributed by atoms with E-state index in [1.165, 1.54) is 80.8 Å². The molecule has 33 heteroatoms. The minimum atomic E-state index is -1.67. The number of methoxy groups -OCH3 is 2. The fourth-order valence-corrected chi connectivity index (χ4v) is 19.3. The second kappa shape index (κ2) is 43.4. The maximum Gasteiger partial charge on any atom is 0.248 e. The van der Waals surface area contributed by atoms with Crippen LogP contribution in [0.15, 0.2) is 151 Å². The first-order chi connectivity index (χ1) is 62.3. The van der Waals surface area contributed by atoms with Gasteiger partial charge in [-0.2, -0.15) is 0 Å². The summed E-state index contributed by atoms with van der Waals surface area (Å²) in [7, 11) is 8.84. The summed E-state index contributed by atoms with van der Waals surface area (Å²) in [5.74, 6) is -6.61. The highest BCUT2D eigenvalue weighted by Gasteiger charge is 2.50. The molecule has 0 aliphatic carbocycles. The van der Waals surface area contributed by atoms with Crippen LogP contribution in [0, 0.1) is 0 Å². The van der Waals surface area contributed by atoms with E-state index < -0.39 is 157 Å². The van der Waals surface area contributed by atoms with Gasteiger partial charge in [0.2, 0.25) is 70.9 Å². The van der Waals surface area contributed by atoms with Crippen LogP contribution in [0.1, 0.15) is 132 Å². The van der Waals surface area contributed by atoms with E-state index in [0.717, 1.165) is 41.1 Å². The maximum absolute atomic E-state index is 16.9. The van der Waals surface area contributed by atoms with Crippen LogP contribution in [-0.2, 0) is 96.6 Å². The molecule has 3 aromatic heterocycles. The van der Waals surface area contributed by atoms with Crippen molar-refractivity contribution >= 4 is 104 Å². The number of hydrogen-bond acceptors (Lipinski definition) is 19. The minimum Gasteiger partial charge on any atom is -0.497 e. The van der Waals surface area contributed by atoms with Crippen molar-refractivity contribution in [1.29, 1.82) is 0 Å². The number of ether oxygens (including phenoxy) is 5. The first kappa shape index (κ1) is 94.5. The number of thiazole rings is 1. The lowest BCUT2D eigenvalue weighted by atomic mass is 9.80. The van der Waals surface area contributed by atoms with Crippen molar-refractivity contribution in [3.8, 4) is 11.5 Å². The Bertz CT molecular complexity index is 5210. The van der Waals surface area contributed by atoms with Gasteiger partial charge in [0, 0.05) is 165 Å². The highest BCUT2D eigenvalue weighted by Crippen LogP contribution is 2.43. The van der Waals surface area contributed by atoms with Crippen LogP contribution in [0.2, 0.25) is 0 Å². The summed E-state index contributed by atoms with van der Waals surface area (Å²) >= 11 is 1.28. The molecule has 5 aliphatic rings. The number of nitrogens with one attached hydrogen (secondary N) is 5. The quantitative estimate of drug-likeness (QED) is 0.0479. The zero-order valence-electron chi connectivity index (χ0n) is 75.3. The van der Waals surface area contributed by atoms with Crippen molar-refractivity contribution in [2.24, 2.45) is 0 Å². The lowest BCUT2D eigenvalue weighted by Crippen LogP contribution is -2.61. The zero-order valence-corrected chi connectivity index (χ0v) is 76.1. The molecule has 12 amide bonds. The molecule has 5 aliphatic heterocycles. The lowest BCUT2D eigenvalue weighted by Gasteiger charge is -2.40. The van der Waals surface area contributed by atoms with Crippen molar-refractivity contribution in [2.45, 2.75) is 190 Å². The number of rotatable bonds is 20. The van der Waals surface area contributed by atoms with E-state index in [0.29, 0.717) is 70.9 Å². The molecular formula is C96H121N15O17S. The third-order valence-electron chi connectivity index (χ3n) is 26.0. The van der Waals surface area contributed by atoms with Gasteiger partial charge in [0.1, 0.15) is 71.5 Å². The molecular weight excluding hydrogens is 1670 g/mol. The summed E-state index contributed by atoms with van der Waals surface area (Å²) in [4.78, 5) is 210. The van der Waals surface area contributed by atoms with Crippen molar-refractivity contribution < 1.29 is 81.2 Å². The predicted octanol–water partition coefficient (Wildman–Crippen LogP) is 7.01. The summed E-state index contributed by atoms with van der Waals surface area (Å²) in [5.41, 5.74) is 4.91. The molecule has 5 N–H and O–H groups in total. The molecule has 129 heavy (non-hydrogen) atoms. The Kier molecular flexibility index (Phi) is 31.8. The van der Waals surface area contributed by atoms with E-state index in [4.69, 9.17) is 23.7 Å². The smallest absolute Gasteiger partial charge is 0.248 e. The fraction of sp³-hybridized carbons (Fsp3) is 0.490. The van der Waals surface area contributed by atoms with Gasteiger partial charge in [-0.1, -0.05) is 91.0 Å². The highest BCUT2D eigenvalue weighted by molar-refractivity contribution is 7.07. The number of benzene rings is 5. The Morgan fingerprint density at radius 1 is 0.519 bits per heavy atom. The van der Waals surface area contributed by atoms with E-state index in [2.05, 4.69) is 30.9 Å². The number of likely N-dealkylation sites (N-methyl/N-ethyl adjacent to an activating group) is 4. The van der Waals surface area contributed by atoms with E-state index in [1.807, 2.05) is 110 Å². The van der Waals surface area contributed by atoms with Gasteiger partial charge in [-0.05, 0) is 137 Å². The van der Waals surface area contributed by atoms with Gasteiger partial charge in [0.25, 0.3) is 0 Å². The summed E-state index contributed by atoms with van der Waals surface area (Å²) in [6.07, 6.45) is 4.71. The van der Waals surface area contributed by atoms with Gasteiger partial charge < -0.3 is 93.7 Å². The Hall–Kier alpha value is -12.1. The predicted molar refractivity (Wildman–Crippen MR) is 484 cm³/mol. The number of carbonyl (C=O) groups excluding carboxylic acids is 12. The number of para-hydroxylation sites is 2. The van der Waals surface area contributed by atoms with Gasteiger partial charge in [0.05, 0.1) is 57.2 Å². The van der Waals surface area contributed by atoms with Crippen LogP contribution in [0.4, 0.5) is 0 Å². The Morgan fingerprint density at radius 3 is 1.68 bits per heavy atom. The zero-order chi connectivity index (χ0) is 91.7. The number of aromatic nitrogens is 3. The van der Waals surface area contributed by atoms with Crippen LogP contribution in [-0.4, -0.2) is 311 Å². The number of aromatic amines is 2. The second-order valence-electron chi connectivity index (χ2n) is 34.0. The Balaban J connectivity index is 0.903. The molecule has 688 valence electrons. The summed E-state index contributed by atoms with van der Waals surface area (Å²) in [6, 6.07) is 26.3. The number of piperidine rings is 1. The van der Waals surface area contributed by atoms with Crippen LogP contribution >= 0.6 is 11.3 Å². The SMILES string of the molecule is CCO[C@@H]1C[C@H]2C(=O)N(C)[C@@H](Cc3cscn3)C(=O)N(C)[C@@H](C)C(=O)N(C)C(COC(c3ccccc3)(c3ccc(OC)cc3)c3ccc(OC)cc3)C(=O)N3C[C@H](OCC)C[C@H]3C(=O)N[C@@H](Cc3c[nH]c4ccccc34)C(=O)N[C@@H](Cc3c[nH]c4ccccc34)C(=O)N3CCC[C@H]3C(=O)N(C)CC(=O)N[C@H](C(=O)N3CCCCC3)CC(=O)N(CC)CCCCC(=O)N2C1. The van der Waals surface area contributed by atoms with E-state index in [9.17, 15) is 19.2 Å². The summed E-state index contributed by atoms with van der Waals surface area (Å²) < 4.78 is 31.4. The molecule has 5 saturated heterocycles. The Labute approximate surface area is 756 Å². The summed E-state index contributed by atoms with van der Waals surface area (Å²) in [6.45, 7) is 7.28. The standard InChI is InChI=1S/C96H121N15O17S/c1-11-107-43-25-22-34-85(113)110-55-71(127-13-3)51-82(110)94(122)105(7)81(49-67-59-129-60-99-67)93(121)104(6)61(4)89(117)106(8)83(58-128-96(64-27-16-14-17-28-64,65-35-39-68(124-9)40-36-65)66-37-41-69(125-10)42-38-66)95(123)111-56-70(126-12-2)50-80(111)88(116)101-76(47-62-53-97-74-31-20-18-29-72(62)74)87(115)102-77(48-63-54-98-75-32-21-19-30-73(63)75)91(119)109-46-26-33-79(109)92(120)103(5)57-84(112)100-78(52-86(107)114)90(118)108-44-23-15-24-45-108/h14,16-21,27-32,35-42,53-54,59-61,70-71,76-83,97-98H,11-13,15,22-26,33-34,43-52,55-58H2,1-10H3,(H,100,112)(H,101,116)(H,102,115)/t61-,70+,71+,76-,77-,78-,79-,80-,81-,82-,83?/m0/s1. The second-order valence-corrected chi connectivity index (χ2v) is 34.7. The molecule has 1 unspecified atom stereocenters. The maximum atomic E-state index is 16.9. The number of fused-ring (bicyclic) bond motifs is 5. The molecule has 5 fully saturated rings. The molecule has 8 heterocycles. The van der Waals surface area contributed by atoms with Crippen molar-refractivity contribution in [2.75, 3.05) is 115 Å². The third kappa shape index (κ3) is 21.6. The van der Waals surface area contributed by atoms with Crippen LogP contribution in [0.25, 0.3) is 21.8 Å².